The molecule has 0 aromatic heterocycles. The lowest BCUT2D eigenvalue weighted by atomic mass is 10.3. The molecule has 1 atom stereocenters. The van der Waals surface area contributed by atoms with Crippen LogP contribution in [0.15, 0.2) is 30.3 Å². The fourth-order valence-electron chi connectivity index (χ4n) is 1.72. The lowest BCUT2D eigenvalue weighted by Crippen LogP contribution is -2.40. The maximum atomic E-state index is 11.7. The van der Waals surface area contributed by atoms with Crippen LogP contribution in [0.1, 0.15) is 0 Å². The van der Waals surface area contributed by atoms with Crippen LogP contribution in [0.25, 0.3) is 0 Å². The number of rotatable bonds is 5. The number of anilines is 1. The number of nitrogens with one attached hydrogen (secondary N) is 2. The monoisotopic (exact) mass is 285 g/mol. The van der Waals surface area contributed by atoms with E-state index in [1.807, 2.05) is 18.2 Å². The third-order valence-electron chi connectivity index (χ3n) is 2.71. The van der Waals surface area contributed by atoms with Crippen LogP contribution < -0.4 is 14.3 Å². The van der Waals surface area contributed by atoms with Crippen molar-refractivity contribution in [3.8, 4) is 0 Å². The van der Waals surface area contributed by atoms with Crippen molar-refractivity contribution < 1.29 is 17.9 Å². The smallest absolute Gasteiger partial charge is 0.414 e. The molecule has 0 bridgehead atoms. The Hall–Kier alpha value is -1.64. The molecule has 1 heterocycles. The zero-order valence-electron chi connectivity index (χ0n) is 10.4. The van der Waals surface area contributed by atoms with Crippen LogP contribution in [-0.4, -0.2) is 40.8 Å². The largest absolute Gasteiger partial charge is 0.443 e. The van der Waals surface area contributed by atoms with Gasteiger partial charge in [0.05, 0.1) is 13.1 Å². The summed E-state index contributed by atoms with van der Waals surface area (Å²) in [5, 5.41) is 0. The van der Waals surface area contributed by atoms with Crippen molar-refractivity contribution in [2.45, 2.75) is 6.10 Å². The van der Waals surface area contributed by atoms with Crippen LogP contribution in [0.3, 0.4) is 0 Å². The zero-order valence-corrected chi connectivity index (χ0v) is 11.2. The van der Waals surface area contributed by atoms with Gasteiger partial charge in [-0.25, -0.2) is 9.52 Å². The number of ether oxygens (including phenoxy) is 1. The predicted octanol–water partition coefficient (Wildman–Crippen LogP) is 0.0656. The molecular weight excluding hydrogens is 270 g/mol. The van der Waals surface area contributed by atoms with E-state index in [2.05, 4.69) is 9.44 Å². The highest BCUT2D eigenvalue weighted by molar-refractivity contribution is 7.87. The molecule has 1 aromatic carbocycles. The summed E-state index contributed by atoms with van der Waals surface area (Å²) in [5.74, 6) is 0. The summed E-state index contributed by atoms with van der Waals surface area (Å²) in [7, 11) is -2.21. The first kappa shape index (κ1) is 13.8. The summed E-state index contributed by atoms with van der Waals surface area (Å²) in [4.78, 5) is 13.2. The molecule has 0 spiro atoms. The molecule has 104 valence electrons. The Kier molecular flexibility index (Phi) is 4.03. The highest BCUT2D eigenvalue weighted by atomic mass is 32.2. The molecule has 1 aromatic rings. The van der Waals surface area contributed by atoms with Crippen LogP contribution in [0, 0.1) is 0 Å². The van der Waals surface area contributed by atoms with Crippen molar-refractivity contribution in [2.75, 3.05) is 25.0 Å². The minimum absolute atomic E-state index is 0.0399. The predicted molar refractivity (Wildman–Crippen MR) is 70.0 cm³/mol. The average Bonchev–Trinajstić information content (AvgIpc) is 2.79. The van der Waals surface area contributed by atoms with Crippen LogP contribution in [0.4, 0.5) is 10.5 Å². The van der Waals surface area contributed by atoms with Gasteiger partial charge in [-0.2, -0.15) is 13.1 Å². The fourth-order valence-corrected chi connectivity index (χ4v) is 2.27. The zero-order chi connectivity index (χ0) is 13.9. The average molecular weight is 285 g/mol. The van der Waals surface area contributed by atoms with E-state index in [-0.39, 0.29) is 6.54 Å². The Morgan fingerprint density at radius 2 is 2.05 bits per heavy atom. The van der Waals surface area contributed by atoms with Crippen molar-refractivity contribution in [3.63, 3.8) is 0 Å². The minimum atomic E-state index is -3.52. The second kappa shape index (κ2) is 5.55. The van der Waals surface area contributed by atoms with E-state index >= 15 is 0 Å². The summed E-state index contributed by atoms with van der Waals surface area (Å²) in [6, 6.07) is 9.07. The van der Waals surface area contributed by atoms with Gasteiger partial charge >= 0.3 is 6.09 Å². The quantitative estimate of drug-likeness (QED) is 0.801. The van der Waals surface area contributed by atoms with Gasteiger partial charge in [-0.15, -0.1) is 0 Å². The first-order valence-electron chi connectivity index (χ1n) is 5.73. The van der Waals surface area contributed by atoms with E-state index in [9.17, 15) is 13.2 Å². The van der Waals surface area contributed by atoms with Crippen LogP contribution in [0.5, 0.6) is 0 Å². The lowest BCUT2D eigenvalue weighted by Gasteiger charge is -2.12. The van der Waals surface area contributed by atoms with Gasteiger partial charge in [0.1, 0.15) is 6.10 Å². The van der Waals surface area contributed by atoms with Crippen molar-refractivity contribution in [3.05, 3.63) is 30.3 Å². The van der Waals surface area contributed by atoms with Gasteiger partial charge < -0.3 is 4.74 Å². The molecule has 1 amide bonds. The normalized spacial score (nSPS) is 19.5. The molecule has 2 N–H and O–H groups in total. The van der Waals surface area contributed by atoms with Crippen LogP contribution in [0.2, 0.25) is 0 Å². The summed E-state index contributed by atoms with van der Waals surface area (Å²) in [5.41, 5.74) is 0.728. The molecule has 7 nitrogen and oxygen atoms in total. The van der Waals surface area contributed by atoms with E-state index in [1.54, 1.807) is 12.1 Å². The summed E-state index contributed by atoms with van der Waals surface area (Å²) >= 11 is 0. The number of hydrogen-bond donors (Lipinski definition) is 2. The third-order valence-corrected chi connectivity index (χ3v) is 3.80. The van der Waals surface area contributed by atoms with Crippen molar-refractivity contribution >= 4 is 22.0 Å². The number of benzene rings is 1. The molecule has 2 rings (SSSR count). The van der Waals surface area contributed by atoms with E-state index in [0.29, 0.717) is 6.54 Å². The van der Waals surface area contributed by atoms with E-state index in [4.69, 9.17) is 4.74 Å². The van der Waals surface area contributed by atoms with Crippen molar-refractivity contribution in [1.29, 1.82) is 0 Å². The van der Waals surface area contributed by atoms with Gasteiger partial charge in [0.2, 0.25) is 0 Å². The SMILES string of the molecule is CNS(=O)(=O)NCC1CN(c2ccccc2)C(=O)O1. The van der Waals surface area contributed by atoms with Crippen molar-refractivity contribution in [1.82, 2.24) is 9.44 Å². The van der Waals surface area contributed by atoms with E-state index in [1.165, 1.54) is 11.9 Å². The molecule has 8 heteroatoms. The van der Waals surface area contributed by atoms with E-state index < -0.39 is 22.4 Å². The molecule has 0 saturated carbocycles. The van der Waals surface area contributed by atoms with Crippen molar-refractivity contribution in [2.24, 2.45) is 0 Å². The number of para-hydroxylation sites is 1. The van der Waals surface area contributed by atoms with Gasteiger partial charge in [0.25, 0.3) is 10.2 Å². The summed E-state index contributed by atoms with van der Waals surface area (Å²) < 4.78 is 32.0. The lowest BCUT2D eigenvalue weighted by molar-refractivity contribution is 0.143. The molecule has 0 aliphatic carbocycles. The minimum Gasteiger partial charge on any atom is -0.443 e. The standard InChI is InChI=1S/C11H15N3O4S/c1-12-19(16,17)13-7-10-8-14(11(15)18-10)9-5-3-2-4-6-9/h2-6,10,12-13H,7-8H2,1H3. The molecule has 0 radical (unpaired) electrons. The van der Waals surface area contributed by atoms with Gasteiger partial charge in [-0.1, -0.05) is 18.2 Å². The number of cyclic esters (lactones) is 1. The molecule has 1 aliphatic heterocycles. The topological polar surface area (TPSA) is 87.7 Å². The van der Waals surface area contributed by atoms with Crippen LogP contribution >= 0.6 is 0 Å². The highest BCUT2D eigenvalue weighted by Gasteiger charge is 2.32. The Morgan fingerprint density at radius 1 is 1.37 bits per heavy atom. The summed E-state index contributed by atoms with van der Waals surface area (Å²) in [6.45, 7) is 0.354. The maximum absolute atomic E-state index is 11.7. The second-order valence-electron chi connectivity index (χ2n) is 4.01. The number of amides is 1. The van der Waals surface area contributed by atoms with E-state index in [0.717, 1.165) is 5.69 Å². The Labute approximate surface area is 111 Å². The molecule has 1 fully saturated rings. The first-order valence-corrected chi connectivity index (χ1v) is 7.21. The Balaban J connectivity index is 1.97. The van der Waals surface area contributed by atoms with Gasteiger partial charge in [0, 0.05) is 12.7 Å². The number of carbonyl (C=O) groups is 1. The molecule has 1 saturated heterocycles. The highest BCUT2D eigenvalue weighted by Crippen LogP contribution is 2.20. The fraction of sp³-hybridized carbons (Fsp3) is 0.364. The Morgan fingerprint density at radius 3 is 2.68 bits per heavy atom. The second-order valence-corrected chi connectivity index (χ2v) is 5.71. The first-order chi connectivity index (χ1) is 9.02. The van der Waals surface area contributed by atoms with Gasteiger partial charge in [-0.05, 0) is 12.1 Å². The third kappa shape index (κ3) is 3.43. The molecule has 1 unspecified atom stereocenters. The maximum Gasteiger partial charge on any atom is 0.414 e. The number of hydrogen-bond acceptors (Lipinski definition) is 4. The van der Waals surface area contributed by atoms with Gasteiger partial charge in [-0.3, -0.25) is 4.90 Å². The van der Waals surface area contributed by atoms with Gasteiger partial charge in [0.15, 0.2) is 0 Å². The summed E-state index contributed by atoms with van der Waals surface area (Å²) in [6.07, 6.45) is -0.976. The molecular formula is C11H15N3O4S. The Bertz CT molecular complexity index is 546. The van der Waals surface area contributed by atoms with Crippen LogP contribution in [-0.2, 0) is 14.9 Å². The molecule has 1 aliphatic rings. The number of carbonyl (C=O) groups excluding carboxylic acids is 1. The molecule has 19 heavy (non-hydrogen) atoms. The number of nitrogens with zero attached hydrogens (tertiary/aromatic N) is 1.